The Morgan fingerprint density at radius 1 is 1.05 bits per heavy atom. The third-order valence-electron chi connectivity index (χ3n) is 3.40. The van der Waals surface area contributed by atoms with Crippen molar-refractivity contribution in [3.05, 3.63) is 35.4 Å². The predicted molar refractivity (Wildman–Crippen MR) is 74.0 cm³/mol. The third-order valence-corrected chi connectivity index (χ3v) is 3.40. The molecule has 0 spiro atoms. The van der Waals surface area contributed by atoms with Gasteiger partial charge in [0.25, 0.3) is 0 Å². The first kappa shape index (κ1) is 18.6. The molecular formula is C15H20F2O5. The number of aliphatic hydroxyl groups is 4. The van der Waals surface area contributed by atoms with Gasteiger partial charge in [0.05, 0.1) is 6.10 Å². The van der Waals surface area contributed by atoms with E-state index < -0.39 is 41.8 Å². The van der Waals surface area contributed by atoms with E-state index in [1.165, 1.54) is 0 Å². The van der Waals surface area contributed by atoms with Gasteiger partial charge in [-0.15, -0.1) is 0 Å². The Bertz CT molecular complexity index is 488. The number of aliphatic hydroxyl groups excluding tert-OH is 4. The van der Waals surface area contributed by atoms with Crippen LogP contribution in [0.25, 0.3) is 0 Å². The van der Waals surface area contributed by atoms with E-state index in [1.54, 1.807) is 6.92 Å². The first-order valence-corrected chi connectivity index (χ1v) is 6.96. The summed E-state index contributed by atoms with van der Waals surface area (Å²) >= 11 is 0. The number of rotatable bonds is 8. The molecule has 124 valence electrons. The summed E-state index contributed by atoms with van der Waals surface area (Å²) in [7, 11) is 0. The zero-order valence-corrected chi connectivity index (χ0v) is 12.1. The molecule has 1 aromatic rings. The summed E-state index contributed by atoms with van der Waals surface area (Å²) in [6.45, 7) is 1.56. The van der Waals surface area contributed by atoms with Crippen molar-refractivity contribution in [2.75, 3.05) is 0 Å². The minimum absolute atomic E-state index is 0.0241. The zero-order valence-electron chi connectivity index (χ0n) is 12.1. The van der Waals surface area contributed by atoms with Crippen molar-refractivity contribution in [2.45, 2.75) is 50.6 Å². The van der Waals surface area contributed by atoms with Gasteiger partial charge in [-0.25, -0.2) is 8.78 Å². The van der Waals surface area contributed by atoms with Crippen LogP contribution < -0.4 is 0 Å². The van der Waals surface area contributed by atoms with Crippen LogP contribution in [0, 0.1) is 11.6 Å². The van der Waals surface area contributed by atoms with E-state index in [0.29, 0.717) is 6.07 Å². The Labute approximate surface area is 126 Å². The molecule has 22 heavy (non-hydrogen) atoms. The lowest BCUT2D eigenvalue weighted by atomic mass is 9.96. The number of hydrogen-bond acceptors (Lipinski definition) is 5. The van der Waals surface area contributed by atoms with Gasteiger partial charge in [-0.2, -0.15) is 0 Å². The molecule has 1 rings (SSSR count). The fourth-order valence-electron chi connectivity index (χ4n) is 2.02. The lowest BCUT2D eigenvalue weighted by molar-refractivity contribution is -0.144. The van der Waals surface area contributed by atoms with Gasteiger partial charge in [-0.05, 0) is 30.5 Å². The van der Waals surface area contributed by atoms with Gasteiger partial charge in [-0.3, -0.25) is 4.79 Å². The van der Waals surface area contributed by atoms with Crippen LogP contribution in [0.1, 0.15) is 25.3 Å². The Morgan fingerprint density at radius 3 is 2.09 bits per heavy atom. The summed E-state index contributed by atoms with van der Waals surface area (Å²) in [6, 6.07) is 2.83. The van der Waals surface area contributed by atoms with Gasteiger partial charge < -0.3 is 20.4 Å². The summed E-state index contributed by atoms with van der Waals surface area (Å²) in [5.74, 6) is -2.34. The van der Waals surface area contributed by atoms with E-state index in [1.807, 2.05) is 0 Å². The molecule has 1 aromatic carbocycles. The van der Waals surface area contributed by atoms with Gasteiger partial charge >= 0.3 is 0 Å². The molecule has 0 radical (unpaired) electrons. The van der Waals surface area contributed by atoms with Crippen LogP contribution >= 0.6 is 0 Å². The Balaban J connectivity index is 2.60. The molecule has 0 bridgehead atoms. The summed E-state index contributed by atoms with van der Waals surface area (Å²) in [5, 5.41) is 38.2. The molecule has 0 aliphatic carbocycles. The number of aryl methyl sites for hydroxylation is 1. The molecule has 5 nitrogen and oxygen atoms in total. The van der Waals surface area contributed by atoms with E-state index in [0.717, 1.165) is 12.1 Å². The number of ketones is 1. The fraction of sp³-hybridized carbons (Fsp3) is 0.533. The number of Topliss-reactive ketones (excluding diaryl/α,β-unsaturated/α-hetero) is 1. The van der Waals surface area contributed by atoms with E-state index in [-0.39, 0.29) is 24.8 Å². The van der Waals surface area contributed by atoms with Gasteiger partial charge in [0.15, 0.2) is 5.78 Å². The van der Waals surface area contributed by atoms with Crippen molar-refractivity contribution in [3.63, 3.8) is 0 Å². The van der Waals surface area contributed by atoms with Crippen LogP contribution in [-0.2, 0) is 11.2 Å². The Morgan fingerprint density at radius 2 is 1.59 bits per heavy atom. The van der Waals surface area contributed by atoms with Crippen molar-refractivity contribution >= 4 is 5.78 Å². The molecule has 4 atom stereocenters. The topological polar surface area (TPSA) is 98.0 Å². The molecule has 7 heteroatoms. The maximum atomic E-state index is 13.0. The molecule has 0 saturated carbocycles. The van der Waals surface area contributed by atoms with Crippen molar-refractivity contribution in [2.24, 2.45) is 0 Å². The largest absolute Gasteiger partial charge is 0.390 e. The molecule has 0 unspecified atom stereocenters. The highest BCUT2D eigenvalue weighted by Gasteiger charge is 2.33. The SMILES string of the molecule is CC[C@@H](O)[C@@H](O)[C@H](O)[C@@H](O)C(=O)CCc1cc(F)cc(F)c1. The molecule has 0 heterocycles. The van der Waals surface area contributed by atoms with E-state index in [9.17, 15) is 34.0 Å². The minimum atomic E-state index is -1.88. The molecule has 0 saturated heterocycles. The number of halogens is 2. The summed E-state index contributed by atoms with van der Waals surface area (Å²) < 4.78 is 26.0. The van der Waals surface area contributed by atoms with Gasteiger partial charge in [0.1, 0.15) is 29.9 Å². The highest BCUT2D eigenvalue weighted by Crippen LogP contribution is 2.13. The maximum Gasteiger partial charge on any atom is 0.164 e. The van der Waals surface area contributed by atoms with Crippen LogP contribution in [0.5, 0.6) is 0 Å². The Hall–Kier alpha value is -1.41. The number of carbonyl (C=O) groups is 1. The molecule has 4 N–H and O–H groups in total. The van der Waals surface area contributed by atoms with Crippen molar-refractivity contribution in [1.82, 2.24) is 0 Å². The minimum Gasteiger partial charge on any atom is -0.390 e. The van der Waals surface area contributed by atoms with Crippen LogP contribution in [0.4, 0.5) is 8.78 Å². The second-order valence-corrected chi connectivity index (χ2v) is 5.15. The van der Waals surface area contributed by atoms with Crippen LogP contribution in [0.2, 0.25) is 0 Å². The second-order valence-electron chi connectivity index (χ2n) is 5.15. The third kappa shape index (κ3) is 5.10. The highest BCUT2D eigenvalue weighted by molar-refractivity contribution is 5.83. The molecule has 0 aliphatic rings. The standard InChI is InChI=1S/C15H20F2O5/c1-2-11(18)13(20)15(22)14(21)12(19)4-3-8-5-9(16)7-10(17)6-8/h5-7,11,13-15,18,20-22H,2-4H2,1H3/t11-,13-,14+,15+/m1/s1. The maximum absolute atomic E-state index is 13.0. The lowest BCUT2D eigenvalue weighted by Crippen LogP contribution is -2.47. The monoisotopic (exact) mass is 318 g/mol. The second kappa shape index (κ2) is 8.28. The first-order valence-electron chi connectivity index (χ1n) is 6.96. The highest BCUT2D eigenvalue weighted by atomic mass is 19.1. The van der Waals surface area contributed by atoms with Gasteiger partial charge in [0.2, 0.25) is 0 Å². The van der Waals surface area contributed by atoms with Gasteiger partial charge in [0, 0.05) is 12.5 Å². The Kier molecular flexibility index (Phi) is 7.02. The molecule has 0 amide bonds. The quantitative estimate of drug-likeness (QED) is 0.553. The summed E-state index contributed by atoms with van der Waals surface area (Å²) in [5.41, 5.74) is 0.238. The summed E-state index contributed by atoms with van der Waals surface area (Å²) in [4.78, 5) is 11.8. The van der Waals surface area contributed by atoms with E-state index in [4.69, 9.17) is 0 Å². The van der Waals surface area contributed by atoms with Crippen LogP contribution in [0.15, 0.2) is 18.2 Å². The molecule has 0 fully saturated rings. The smallest absolute Gasteiger partial charge is 0.164 e. The lowest BCUT2D eigenvalue weighted by Gasteiger charge is -2.25. The zero-order chi connectivity index (χ0) is 16.9. The van der Waals surface area contributed by atoms with Crippen LogP contribution in [-0.4, -0.2) is 50.6 Å². The molecule has 0 aromatic heterocycles. The van der Waals surface area contributed by atoms with Crippen molar-refractivity contribution in [1.29, 1.82) is 0 Å². The number of carbonyl (C=O) groups excluding carboxylic acids is 1. The van der Waals surface area contributed by atoms with Crippen molar-refractivity contribution < 1.29 is 34.0 Å². The predicted octanol–water partition coefficient (Wildman–Crippen LogP) is 0.320. The van der Waals surface area contributed by atoms with Crippen LogP contribution in [0.3, 0.4) is 0 Å². The summed E-state index contributed by atoms with van der Waals surface area (Å²) in [6.07, 6.45) is -6.78. The van der Waals surface area contributed by atoms with E-state index in [2.05, 4.69) is 0 Å². The average molecular weight is 318 g/mol. The van der Waals surface area contributed by atoms with Gasteiger partial charge in [-0.1, -0.05) is 6.92 Å². The molecule has 0 aliphatic heterocycles. The normalized spacial score (nSPS) is 16.9. The first-order chi connectivity index (χ1) is 10.3. The number of benzene rings is 1. The average Bonchev–Trinajstić information content (AvgIpc) is 2.48. The van der Waals surface area contributed by atoms with E-state index >= 15 is 0 Å². The number of hydrogen-bond donors (Lipinski definition) is 4. The van der Waals surface area contributed by atoms with Crippen molar-refractivity contribution in [3.8, 4) is 0 Å². The molecular weight excluding hydrogens is 298 g/mol. The fourth-order valence-corrected chi connectivity index (χ4v) is 2.02.